The Labute approximate surface area is 99.6 Å². The Morgan fingerprint density at radius 2 is 1.88 bits per heavy atom. The monoisotopic (exact) mass is 233 g/mol. The average Bonchev–Trinajstić information content (AvgIpc) is 3.10. The Kier molecular flexibility index (Phi) is 2.88. The average molecular weight is 233 g/mol. The first kappa shape index (κ1) is 11.6. The first-order chi connectivity index (χ1) is 8.05. The molecule has 4 nitrogen and oxygen atoms in total. The van der Waals surface area contributed by atoms with E-state index in [9.17, 15) is 9.59 Å². The highest BCUT2D eigenvalue weighted by atomic mass is 16.4. The van der Waals surface area contributed by atoms with Gasteiger partial charge in [-0.3, -0.25) is 4.79 Å². The van der Waals surface area contributed by atoms with Gasteiger partial charge in [-0.1, -0.05) is 30.3 Å². The zero-order chi connectivity index (χ0) is 12.5. The fourth-order valence-corrected chi connectivity index (χ4v) is 1.75. The van der Waals surface area contributed by atoms with E-state index < -0.39 is 11.5 Å². The maximum atomic E-state index is 11.9. The molecule has 1 aliphatic rings. The number of amides is 1. The zero-order valence-corrected chi connectivity index (χ0v) is 9.64. The standard InChI is InChI=1S/C13H15NO3/c1-9(10-5-3-2-4-6-10)11(15)14-13(7-8-13)12(16)17/h2-6,9H,7-8H2,1H3,(H,14,15)(H,16,17). The summed E-state index contributed by atoms with van der Waals surface area (Å²) in [6, 6.07) is 9.34. The predicted octanol–water partition coefficient (Wildman–Crippen LogP) is 1.52. The molecule has 1 saturated carbocycles. The van der Waals surface area contributed by atoms with Crippen LogP contribution in [0.4, 0.5) is 0 Å². The summed E-state index contributed by atoms with van der Waals surface area (Å²) in [6.07, 6.45) is 1.05. The number of carbonyl (C=O) groups is 2. The quantitative estimate of drug-likeness (QED) is 0.828. The lowest BCUT2D eigenvalue weighted by Crippen LogP contribution is -2.44. The van der Waals surface area contributed by atoms with Crippen LogP contribution in [0.2, 0.25) is 0 Å². The summed E-state index contributed by atoms with van der Waals surface area (Å²) in [6.45, 7) is 1.78. The van der Waals surface area contributed by atoms with Gasteiger partial charge in [-0.2, -0.15) is 0 Å². The van der Waals surface area contributed by atoms with Crippen LogP contribution in [-0.2, 0) is 9.59 Å². The molecule has 1 aromatic rings. The molecule has 1 amide bonds. The number of nitrogens with one attached hydrogen (secondary N) is 1. The van der Waals surface area contributed by atoms with Gasteiger partial charge in [0, 0.05) is 0 Å². The summed E-state index contributed by atoms with van der Waals surface area (Å²) < 4.78 is 0. The molecule has 1 fully saturated rings. The second-order valence-electron chi connectivity index (χ2n) is 4.51. The minimum absolute atomic E-state index is 0.226. The van der Waals surface area contributed by atoms with Gasteiger partial charge in [0.05, 0.1) is 5.92 Å². The van der Waals surface area contributed by atoms with Crippen LogP contribution >= 0.6 is 0 Å². The molecule has 90 valence electrons. The van der Waals surface area contributed by atoms with Gasteiger partial charge in [-0.15, -0.1) is 0 Å². The molecular formula is C13H15NO3. The molecule has 0 spiro atoms. The van der Waals surface area contributed by atoms with Crippen molar-refractivity contribution in [3.63, 3.8) is 0 Å². The van der Waals surface area contributed by atoms with Gasteiger partial charge in [0.2, 0.25) is 5.91 Å². The topological polar surface area (TPSA) is 66.4 Å². The van der Waals surface area contributed by atoms with Crippen molar-refractivity contribution in [2.24, 2.45) is 0 Å². The van der Waals surface area contributed by atoms with E-state index in [2.05, 4.69) is 5.32 Å². The van der Waals surface area contributed by atoms with Gasteiger partial charge in [0.15, 0.2) is 0 Å². The van der Waals surface area contributed by atoms with E-state index in [1.807, 2.05) is 30.3 Å². The van der Waals surface area contributed by atoms with Gasteiger partial charge < -0.3 is 10.4 Å². The van der Waals surface area contributed by atoms with Crippen LogP contribution in [0.25, 0.3) is 0 Å². The molecule has 1 aliphatic carbocycles. The van der Waals surface area contributed by atoms with Crippen molar-refractivity contribution < 1.29 is 14.7 Å². The fraction of sp³-hybridized carbons (Fsp3) is 0.385. The molecule has 0 saturated heterocycles. The maximum absolute atomic E-state index is 11.9. The molecule has 0 heterocycles. The van der Waals surface area contributed by atoms with E-state index in [0.717, 1.165) is 5.56 Å². The van der Waals surface area contributed by atoms with Crippen LogP contribution < -0.4 is 5.32 Å². The maximum Gasteiger partial charge on any atom is 0.329 e. The molecule has 17 heavy (non-hydrogen) atoms. The van der Waals surface area contributed by atoms with Gasteiger partial charge in [-0.05, 0) is 25.3 Å². The first-order valence-corrected chi connectivity index (χ1v) is 5.65. The van der Waals surface area contributed by atoms with Crippen molar-refractivity contribution in [1.82, 2.24) is 5.32 Å². The number of hydrogen-bond donors (Lipinski definition) is 2. The molecule has 0 aromatic heterocycles. The van der Waals surface area contributed by atoms with Crippen molar-refractivity contribution in [3.8, 4) is 0 Å². The summed E-state index contributed by atoms with van der Waals surface area (Å²) in [5.41, 5.74) is -0.105. The second-order valence-corrected chi connectivity index (χ2v) is 4.51. The van der Waals surface area contributed by atoms with Gasteiger partial charge in [0.25, 0.3) is 0 Å². The van der Waals surface area contributed by atoms with Crippen molar-refractivity contribution >= 4 is 11.9 Å². The van der Waals surface area contributed by atoms with Gasteiger partial charge >= 0.3 is 5.97 Å². The van der Waals surface area contributed by atoms with E-state index in [1.165, 1.54) is 0 Å². The lowest BCUT2D eigenvalue weighted by atomic mass is 10.00. The highest BCUT2D eigenvalue weighted by molar-refractivity contribution is 5.92. The van der Waals surface area contributed by atoms with Crippen molar-refractivity contribution in [1.29, 1.82) is 0 Å². The van der Waals surface area contributed by atoms with Crippen LogP contribution in [0.15, 0.2) is 30.3 Å². The number of carboxylic acid groups (broad SMARTS) is 1. The molecule has 2 rings (SSSR count). The van der Waals surface area contributed by atoms with E-state index in [-0.39, 0.29) is 11.8 Å². The number of carbonyl (C=O) groups excluding carboxylic acids is 1. The lowest BCUT2D eigenvalue weighted by Gasteiger charge is -2.17. The third-order valence-corrected chi connectivity index (χ3v) is 3.21. The highest BCUT2D eigenvalue weighted by Crippen LogP contribution is 2.36. The molecule has 0 aliphatic heterocycles. The molecule has 0 radical (unpaired) electrons. The summed E-state index contributed by atoms with van der Waals surface area (Å²) >= 11 is 0. The van der Waals surface area contributed by atoms with Crippen LogP contribution in [-0.4, -0.2) is 22.5 Å². The van der Waals surface area contributed by atoms with E-state index in [1.54, 1.807) is 6.92 Å². The Morgan fingerprint density at radius 3 is 2.35 bits per heavy atom. The van der Waals surface area contributed by atoms with Crippen LogP contribution in [0.3, 0.4) is 0 Å². The Morgan fingerprint density at radius 1 is 1.29 bits per heavy atom. The summed E-state index contributed by atoms with van der Waals surface area (Å²) in [5, 5.41) is 11.6. The Hall–Kier alpha value is -1.84. The minimum atomic E-state index is -1.000. The molecule has 1 atom stereocenters. The van der Waals surface area contributed by atoms with Crippen molar-refractivity contribution in [2.45, 2.75) is 31.2 Å². The van der Waals surface area contributed by atoms with Crippen molar-refractivity contribution in [3.05, 3.63) is 35.9 Å². The minimum Gasteiger partial charge on any atom is -0.480 e. The molecule has 1 unspecified atom stereocenters. The third-order valence-electron chi connectivity index (χ3n) is 3.21. The van der Waals surface area contributed by atoms with E-state index >= 15 is 0 Å². The van der Waals surface area contributed by atoms with Gasteiger partial charge in [-0.25, -0.2) is 4.79 Å². The predicted molar refractivity (Wildman–Crippen MR) is 62.6 cm³/mol. The number of carboxylic acids is 1. The molecule has 4 heteroatoms. The largest absolute Gasteiger partial charge is 0.480 e. The molecule has 0 bridgehead atoms. The van der Waals surface area contributed by atoms with Crippen LogP contribution in [0.1, 0.15) is 31.2 Å². The number of rotatable bonds is 4. The molecule has 1 aromatic carbocycles. The Bertz CT molecular complexity index is 437. The number of aliphatic carboxylic acids is 1. The molecular weight excluding hydrogens is 218 g/mol. The second kappa shape index (κ2) is 4.20. The number of benzene rings is 1. The fourth-order valence-electron chi connectivity index (χ4n) is 1.75. The zero-order valence-electron chi connectivity index (χ0n) is 9.64. The summed E-state index contributed by atoms with van der Waals surface area (Å²) in [5.74, 6) is -1.49. The smallest absolute Gasteiger partial charge is 0.329 e. The molecule has 2 N–H and O–H groups in total. The number of hydrogen-bond acceptors (Lipinski definition) is 2. The van der Waals surface area contributed by atoms with Crippen LogP contribution in [0.5, 0.6) is 0 Å². The van der Waals surface area contributed by atoms with Gasteiger partial charge in [0.1, 0.15) is 5.54 Å². The van der Waals surface area contributed by atoms with Crippen molar-refractivity contribution in [2.75, 3.05) is 0 Å². The van der Waals surface area contributed by atoms with E-state index in [4.69, 9.17) is 5.11 Å². The summed E-state index contributed by atoms with van der Waals surface area (Å²) in [7, 11) is 0. The normalized spacial score (nSPS) is 18.2. The SMILES string of the molecule is CC(C(=O)NC1(C(=O)O)CC1)c1ccccc1. The first-order valence-electron chi connectivity index (χ1n) is 5.65. The highest BCUT2D eigenvalue weighted by Gasteiger charge is 2.52. The lowest BCUT2D eigenvalue weighted by molar-refractivity contribution is -0.143. The third kappa shape index (κ3) is 2.30. The Balaban J connectivity index is 2.04. The van der Waals surface area contributed by atoms with Crippen LogP contribution in [0, 0.1) is 0 Å². The van der Waals surface area contributed by atoms with E-state index in [0.29, 0.717) is 12.8 Å². The summed E-state index contributed by atoms with van der Waals surface area (Å²) in [4.78, 5) is 22.9.